The van der Waals surface area contributed by atoms with Gasteiger partial charge in [-0.2, -0.15) is 0 Å². The van der Waals surface area contributed by atoms with E-state index in [9.17, 15) is 19.5 Å². The number of phenols is 1. The largest absolute Gasteiger partial charge is 2.00 e. The maximum Gasteiger partial charge on any atom is 2.00 e. The fraction of sp³-hybridized carbons (Fsp3) is 0.647. The average molecular weight is 382 g/mol. The zero-order chi connectivity index (χ0) is 18.2. The molecular weight excluding hydrogens is 355 g/mol. The number of hydrogen-bond donors (Lipinski definition) is 1. The topological polar surface area (TPSA) is 92.7 Å². The molecule has 7 heteroatoms. The van der Waals surface area contributed by atoms with Crippen LogP contribution in [0.15, 0.2) is 12.1 Å². The smallest absolute Gasteiger partial charge is 0.790 e. The number of hydrogen-bond acceptors (Lipinski definition) is 5. The predicted octanol–water partition coefficient (Wildman–Crippen LogP) is 2.90. The van der Waals surface area contributed by atoms with E-state index in [0.29, 0.717) is 23.1 Å². The summed E-state index contributed by atoms with van der Waals surface area (Å²) in [7, 11) is -5.09. The predicted molar refractivity (Wildman–Crippen MR) is 93.0 cm³/mol. The molecular formula is C17H27CaO5P. The van der Waals surface area contributed by atoms with Gasteiger partial charge in [-0.15, -0.1) is 0 Å². The van der Waals surface area contributed by atoms with E-state index >= 15 is 0 Å². The van der Waals surface area contributed by atoms with E-state index in [4.69, 9.17) is 4.52 Å². The van der Waals surface area contributed by atoms with Gasteiger partial charge in [0.1, 0.15) is 5.75 Å². The summed E-state index contributed by atoms with van der Waals surface area (Å²) in [5.41, 5.74) is 1.32. The third-order valence-electron chi connectivity index (χ3n) is 3.75. The van der Waals surface area contributed by atoms with Crippen LogP contribution in [0.3, 0.4) is 0 Å². The Morgan fingerprint density at radius 2 is 1.46 bits per heavy atom. The van der Waals surface area contributed by atoms with Crippen LogP contribution >= 0.6 is 7.82 Å². The van der Waals surface area contributed by atoms with Crippen molar-refractivity contribution in [2.45, 2.75) is 71.8 Å². The van der Waals surface area contributed by atoms with Crippen LogP contribution in [0.5, 0.6) is 5.75 Å². The van der Waals surface area contributed by atoms with Crippen LogP contribution in [-0.2, 0) is 19.9 Å². The van der Waals surface area contributed by atoms with E-state index in [-0.39, 0.29) is 54.3 Å². The Morgan fingerprint density at radius 1 is 1.08 bits per heavy atom. The summed E-state index contributed by atoms with van der Waals surface area (Å²) in [5, 5.41) is 10.7. The number of phosphoric acid groups is 1. The quantitative estimate of drug-likeness (QED) is 0.638. The molecule has 1 atom stereocenters. The van der Waals surface area contributed by atoms with Crippen molar-refractivity contribution in [3.05, 3.63) is 28.8 Å². The summed E-state index contributed by atoms with van der Waals surface area (Å²) in [6.07, 6.45) is -0.509. The monoisotopic (exact) mass is 382 g/mol. The van der Waals surface area contributed by atoms with Gasteiger partial charge in [-0.05, 0) is 46.1 Å². The van der Waals surface area contributed by atoms with Gasteiger partial charge in [0.15, 0.2) is 0 Å². The average Bonchev–Trinajstić information content (AvgIpc) is 2.32. The van der Waals surface area contributed by atoms with Crippen LogP contribution in [0, 0.1) is 0 Å². The molecule has 0 radical (unpaired) electrons. The maximum absolute atomic E-state index is 11.0. The van der Waals surface area contributed by atoms with E-state index in [0.717, 1.165) is 0 Å². The standard InChI is InChI=1S/C17H29O5P.Ca/c1-8-14(22-23(19,20)21)11-9-12(16(2,3)4)15(18)13(10-11)17(5,6)7;/h9-10,14,18H,8H2,1-7H3,(H2,19,20,21);/q;+2/p-2. The minimum Gasteiger partial charge on any atom is -0.790 e. The van der Waals surface area contributed by atoms with Gasteiger partial charge in [0.25, 0.3) is 0 Å². The summed E-state index contributed by atoms with van der Waals surface area (Å²) in [5.74, 6) is 0.205. The summed E-state index contributed by atoms with van der Waals surface area (Å²) in [6.45, 7) is 13.5. The Bertz CT molecular complexity index is 575. The van der Waals surface area contributed by atoms with E-state index in [1.54, 1.807) is 19.1 Å². The molecule has 0 aliphatic carbocycles. The maximum atomic E-state index is 11.0. The second-order valence-electron chi connectivity index (χ2n) is 7.91. The first-order valence-electron chi connectivity index (χ1n) is 7.75. The minimum absolute atomic E-state index is 0. The van der Waals surface area contributed by atoms with Crippen LogP contribution in [0.1, 0.15) is 77.7 Å². The second-order valence-corrected chi connectivity index (χ2v) is 9.02. The molecule has 132 valence electrons. The molecule has 1 N–H and O–H groups in total. The molecule has 1 rings (SSSR count). The van der Waals surface area contributed by atoms with E-state index in [1.807, 2.05) is 41.5 Å². The molecule has 0 saturated carbocycles. The van der Waals surface area contributed by atoms with E-state index < -0.39 is 13.9 Å². The van der Waals surface area contributed by atoms with Crippen molar-refractivity contribution in [2.75, 3.05) is 0 Å². The number of rotatable bonds is 4. The first-order valence-corrected chi connectivity index (χ1v) is 9.21. The first kappa shape index (κ1) is 24.4. The molecule has 0 aliphatic rings. The molecule has 0 heterocycles. The van der Waals surface area contributed by atoms with Crippen molar-refractivity contribution in [1.29, 1.82) is 0 Å². The Morgan fingerprint density at radius 3 is 1.71 bits per heavy atom. The molecule has 0 spiro atoms. The number of aromatic hydroxyl groups is 1. The first-order chi connectivity index (χ1) is 10.2. The molecule has 1 aromatic rings. The van der Waals surface area contributed by atoms with Crippen molar-refractivity contribution in [1.82, 2.24) is 0 Å². The van der Waals surface area contributed by atoms with Gasteiger partial charge in [-0.1, -0.05) is 48.5 Å². The molecule has 0 amide bonds. The second kappa shape index (κ2) is 8.39. The van der Waals surface area contributed by atoms with Gasteiger partial charge in [0.05, 0.1) is 13.9 Å². The van der Waals surface area contributed by atoms with Crippen LogP contribution in [0.4, 0.5) is 0 Å². The van der Waals surface area contributed by atoms with E-state index in [2.05, 4.69) is 0 Å². The Hall–Kier alpha value is 0.390. The number of phosphoric ester groups is 1. The summed E-state index contributed by atoms with van der Waals surface area (Å²) in [6, 6.07) is 3.46. The summed E-state index contributed by atoms with van der Waals surface area (Å²) < 4.78 is 15.7. The molecule has 24 heavy (non-hydrogen) atoms. The zero-order valence-corrected chi connectivity index (χ0v) is 18.8. The van der Waals surface area contributed by atoms with Crippen molar-refractivity contribution in [2.24, 2.45) is 0 Å². The number of benzene rings is 1. The molecule has 1 unspecified atom stereocenters. The van der Waals surface area contributed by atoms with Crippen molar-refractivity contribution < 1.29 is 24.0 Å². The van der Waals surface area contributed by atoms with Crippen molar-refractivity contribution in [3.8, 4) is 5.75 Å². The third-order valence-corrected chi connectivity index (χ3v) is 4.26. The Balaban J connectivity index is 0.00000529. The molecule has 0 bridgehead atoms. The van der Waals surface area contributed by atoms with Crippen molar-refractivity contribution >= 4 is 45.6 Å². The Labute approximate surface area is 175 Å². The fourth-order valence-electron chi connectivity index (χ4n) is 2.51. The van der Waals surface area contributed by atoms with Gasteiger partial charge in [0.2, 0.25) is 0 Å². The zero-order valence-electron chi connectivity index (χ0n) is 15.7. The molecule has 0 fully saturated rings. The normalized spacial score (nSPS) is 14.2. The van der Waals surface area contributed by atoms with Gasteiger partial charge in [0, 0.05) is 0 Å². The summed E-state index contributed by atoms with van der Waals surface area (Å²) in [4.78, 5) is 22.0. The van der Waals surface area contributed by atoms with Crippen LogP contribution < -0.4 is 9.79 Å². The summed E-state index contributed by atoms with van der Waals surface area (Å²) >= 11 is 0. The van der Waals surface area contributed by atoms with Crippen LogP contribution in [-0.4, -0.2) is 42.8 Å². The number of phenolic OH excluding ortho intramolecular Hbond substituents is 1. The fourth-order valence-corrected chi connectivity index (χ4v) is 3.10. The van der Waals surface area contributed by atoms with Gasteiger partial charge in [-0.3, -0.25) is 0 Å². The van der Waals surface area contributed by atoms with Crippen LogP contribution in [0.2, 0.25) is 0 Å². The van der Waals surface area contributed by atoms with Crippen LogP contribution in [0.25, 0.3) is 0 Å². The van der Waals surface area contributed by atoms with Gasteiger partial charge < -0.3 is 24.0 Å². The molecule has 5 nitrogen and oxygen atoms in total. The van der Waals surface area contributed by atoms with Crippen molar-refractivity contribution in [3.63, 3.8) is 0 Å². The van der Waals surface area contributed by atoms with Gasteiger partial charge >= 0.3 is 37.7 Å². The van der Waals surface area contributed by atoms with E-state index in [1.165, 1.54) is 0 Å². The molecule has 0 aliphatic heterocycles. The van der Waals surface area contributed by atoms with Gasteiger partial charge in [-0.25, -0.2) is 0 Å². The molecule has 1 aromatic carbocycles. The Kier molecular flexibility index (Phi) is 8.52. The third kappa shape index (κ3) is 6.60. The molecule has 0 aromatic heterocycles. The molecule has 0 saturated heterocycles. The SMILES string of the molecule is CCC(OP(=O)([O-])[O-])c1cc(C(C)(C)C)c(O)c(C(C)(C)C)c1.[Ca+2]. The minimum atomic E-state index is -5.09.